The molecule has 1 aromatic heterocycles. The normalized spacial score (nSPS) is 24.1. The number of hydrogen-bond donors (Lipinski definition) is 1. The van der Waals surface area contributed by atoms with Gasteiger partial charge in [-0.25, -0.2) is 0 Å². The lowest BCUT2D eigenvalue weighted by Gasteiger charge is -2.37. The topological polar surface area (TPSA) is 72.5 Å². The number of esters is 1. The summed E-state index contributed by atoms with van der Waals surface area (Å²) in [4.78, 5) is 39.8. The molecule has 1 aromatic carbocycles. The summed E-state index contributed by atoms with van der Waals surface area (Å²) in [5.41, 5.74) is 2.05. The van der Waals surface area contributed by atoms with Crippen LogP contribution in [-0.2, 0) is 19.1 Å². The van der Waals surface area contributed by atoms with Gasteiger partial charge in [-0.05, 0) is 42.5 Å². The number of allylic oxidation sites excluding steroid dienone is 2. The number of amides is 1. The molecule has 1 aliphatic carbocycles. The average molecular weight is 474 g/mol. The fourth-order valence-corrected chi connectivity index (χ4v) is 5.51. The number of rotatable bonds is 4. The van der Waals surface area contributed by atoms with E-state index in [0.717, 1.165) is 14.9 Å². The van der Waals surface area contributed by atoms with E-state index in [4.69, 9.17) is 4.74 Å². The van der Waals surface area contributed by atoms with Crippen molar-refractivity contribution in [2.75, 3.05) is 6.61 Å². The summed E-state index contributed by atoms with van der Waals surface area (Å²) < 4.78 is 6.15. The van der Waals surface area contributed by atoms with Crippen molar-refractivity contribution in [1.82, 2.24) is 5.32 Å². The minimum Gasteiger partial charge on any atom is -0.465 e. The van der Waals surface area contributed by atoms with Gasteiger partial charge in [0, 0.05) is 38.9 Å². The number of carbonyl (C=O) groups is 3. The van der Waals surface area contributed by atoms with Crippen molar-refractivity contribution < 1.29 is 19.1 Å². The maximum Gasteiger partial charge on any atom is 0.317 e. The van der Waals surface area contributed by atoms with Crippen LogP contribution in [0.1, 0.15) is 42.0 Å². The molecule has 3 atom stereocenters. The largest absolute Gasteiger partial charge is 0.465 e. The molecule has 150 valence electrons. The molecule has 0 unspecified atom stereocenters. The molecule has 0 saturated heterocycles. The summed E-state index contributed by atoms with van der Waals surface area (Å²) in [5.74, 6) is -2.44. The Morgan fingerprint density at radius 1 is 1.24 bits per heavy atom. The van der Waals surface area contributed by atoms with E-state index in [9.17, 15) is 14.4 Å². The zero-order valence-corrected chi connectivity index (χ0v) is 18.2. The van der Waals surface area contributed by atoms with Crippen LogP contribution in [0.4, 0.5) is 0 Å². The van der Waals surface area contributed by atoms with Crippen molar-refractivity contribution in [3.63, 3.8) is 0 Å². The Hall–Kier alpha value is -2.25. The Morgan fingerprint density at radius 2 is 2.07 bits per heavy atom. The van der Waals surface area contributed by atoms with Crippen molar-refractivity contribution in [1.29, 1.82) is 0 Å². The van der Waals surface area contributed by atoms with E-state index in [1.165, 1.54) is 11.3 Å². The number of benzene rings is 1. The first-order valence-corrected chi connectivity index (χ1v) is 11.2. The van der Waals surface area contributed by atoms with Crippen LogP contribution in [0, 0.1) is 5.92 Å². The first-order valence-electron chi connectivity index (χ1n) is 9.52. The van der Waals surface area contributed by atoms with E-state index in [0.29, 0.717) is 17.7 Å². The van der Waals surface area contributed by atoms with Gasteiger partial charge < -0.3 is 10.1 Å². The maximum absolute atomic E-state index is 13.6. The van der Waals surface area contributed by atoms with E-state index in [-0.39, 0.29) is 36.6 Å². The SMILES string of the molecule is CCOC(=O)[C@@H]1C(=O)C2=C(C[C@@H]1c1cccs1)NC(=O)C[C@@H]2c1cccc(Br)c1. The highest BCUT2D eigenvalue weighted by atomic mass is 79.9. The van der Waals surface area contributed by atoms with Crippen molar-refractivity contribution >= 4 is 44.9 Å². The Kier molecular flexibility index (Phi) is 5.69. The molecule has 0 bridgehead atoms. The van der Waals surface area contributed by atoms with Gasteiger partial charge in [0.05, 0.1) is 6.61 Å². The number of ether oxygens (including phenoxy) is 1. The smallest absolute Gasteiger partial charge is 0.317 e. The highest BCUT2D eigenvalue weighted by Gasteiger charge is 2.47. The molecule has 7 heteroatoms. The van der Waals surface area contributed by atoms with Gasteiger partial charge in [-0.3, -0.25) is 14.4 Å². The molecule has 5 nitrogen and oxygen atoms in total. The average Bonchev–Trinajstić information content (AvgIpc) is 3.21. The van der Waals surface area contributed by atoms with Crippen LogP contribution in [0.2, 0.25) is 0 Å². The van der Waals surface area contributed by atoms with Gasteiger partial charge in [0.15, 0.2) is 5.78 Å². The van der Waals surface area contributed by atoms with Gasteiger partial charge in [-0.2, -0.15) is 0 Å². The Labute approximate surface area is 181 Å². The third-order valence-electron chi connectivity index (χ3n) is 5.43. The molecule has 29 heavy (non-hydrogen) atoms. The van der Waals surface area contributed by atoms with Gasteiger partial charge in [0.1, 0.15) is 5.92 Å². The molecule has 0 saturated carbocycles. The monoisotopic (exact) mass is 473 g/mol. The summed E-state index contributed by atoms with van der Waals surface area (Å²) in [7, 11) is 0. The summed E-state index contributed by atoms with van der Waals surface area (Å²) in [6.45, 7) is 1.96. The summed E-state index contributed by atoms with van der Waals surface area (Å²) in [6.07, 6.45) is 0.613. The minimum absolute atomic E-state index is 0.110. The summed E-state index contributed by atoms with van der Waals surface area (Å²) in [5, 5.41) is 4.83. The lowest BCUT2D eigenvalue weighted by molar-refractivity contribution is -0.152. The molecule has 2 aromatic rings. The predicted molar refractivity (Wildman–Crippen MR) is 113 cm³/mol. The molecule has 1 N–H and O–H groups in total. The second-order valence-electron chi connectivity index (χ2n) is 7.17. The highest BCUT2D eigenvalue weighted by molar-refractivity contribution is 9.10. The van der Waals surface area contributed by atoms with Gasteiger partial charge in [0.25, 0.3) is 0 Å². The molecule has 1 aliphatic heterocycles. The second-order valence-corrected chi connectivity index (χ2v) is 9.07. The van der Waals surface area contributed by atoms with E-state index < -0.39 is 11.9 Å². The lowest BCUT2D eigenvalue weighted by atomic mass is 9.69. The summed E-state index contributed by atoms with van der Waals surface area (Å²) in [6, 6.07) is 11.5. The molecule has 0 spiro atoms. The van der Waals surface area contributed by atoms with Gasteiger partial charge >= 0.3 is 5.97 Å². The first-order chi connectivity index (χ1) is 14.0. The number of ketones is 1. The third-order valence-corrected chi connectivity index (χ3v) is 6.93. The Balaban J connectivity index is 1.82. The van der Waals surface area contributed by atoms with Crippen molar-refractivity contribution in [2.24, 2.45) is 5.92 Å². The predicted octanol–water partition coefficient (Wildman–Crippen LogP) is 4.30. The van der Waals surface area contributed by atoms with Crippen molar-refractivity contribution in [2.45, 2.75) is 31.6 Å². The van der Waals surface area contributed by atoms with E-state index in [1.54, 1.807) is 6.92 Å². The number of hydrogen-bond acceptors (Lipinski definition) is 5. The molecule has 4 rings (SSSR count). The van der Waals surface area contributed by atoms with Crippen LogP contribution in [0.3, 0.4) is 0 Å². The third kappa shape index (κ3) is 3.81. The molecule has 2 aliphatic rings. The van der Waals surface area contributed by atoms with E-state index in [1.807, 2.05) is 41.8 Å². The number of nitrogens with one attached hydrogen (secondary N) is 1. The van der Waals surface area contributed by atoms with Crippen LogP contribution in [0.5, 0.6) is 0 Å². The summed E-state index contributed by atoms with van der Waals surface area (Å²) >= 11 is 4.97. The fourth-order valence-electron chi connectivity index (χ4n) is 4.23. The van der Waals surface area contributed by atoms with Gasteiger partial charge in [-0.1, -0.05) is 34.1 Å². The van der Waals surface area contributed by atoms with E-state index in [2.05, 4.69) is 21.2 Å². The standard InChI is InChI=1S/C22H20BrNO4S/c1-2-28-22(27)20-15(17-7-4-8-29-17)10-16-19(21(20)26)14(11-18(25)24-16)12-5-3-6-13(23)9-12/h3-9,14-15,20H,2,10-11H2,1H3,(H,24,25)/t14-,15-,20+/m1/s1. The zero-order chi connectivity index (χ0) is 20.5. The van der Waals surface area contributed by atoms with Gasteiger partial charge in [-0.15, -0.1) is 11.3 Å². The quantitative estimate of drug-likeness (QED) is 0.530. The molecule has 2 heterocycles. The molecular formula is C22H20BrNO4S. The fraction of sp³-hybridized carbons (Fsp3) is 0.318. The van der Waals surface area contributed by atoms with E-state index >= 15 is 0 Å². The first kappa shape index (κ1) is 20.0. The van der Waals surface area contributed by atoms with Crippen LogP contribution in [0.15, 0.2) is 57.5 Å². The Morgan fingerprint density at radius 3 is 2.76 bits per heavy atom. The van der Waals surface area contributed by atoms with Crippen LogP contribution < -0.4 is 5.32 Å². The maximum atomic E-state index is 13.6. The molecule has 1 amide bonds. The zero-order valence-electron chi connectivity index (χ0n) is 15.8. The lowest BCUT2D eigenvalue weighted by Crippen LogP contribution is -2.44. The van der Waals surface area contributed by atoms with Crippen LogP contribution in [-0.4, -0.2) is 24.3 Å². The van der Waals surface area contributed by atoms with Crippen LogP contribution >= 0.6 is 27.3 Å². The molecule has 0 fully saturated rings. The van der Waals surface area contributed by atoms with Crippen molar-refractivity contribution in [3.8, 4) is 0 Å². The Bertz CT molecular complexity index is 998. The number of thiophene rings is 1. The number of halogens is 1. The minimum atomic E-state index is -0.892. The highest BCUT2D eigenvalue weighted by Crippen LogP contribution is 2.46. The van der Waals surface area contributed by atoms with Crippen molar-refractivity contribution in [3.05, 3.63) is 68.0 Å². The second kappa shape index (κ2) is 8.24. The molecular weight excluding hydrogens is 454 g/mol. The van der Waals surface area contributed by atoms with Gasteiger partial charge in [0.2, 0.25) is 5.91 Å². The molecule has 0 radical (unpaired) electrons. The number of carbonyl (C=O) groups excluding carboxylic acids is 3. The van der Waals surface area contributed by atoms with Crippen LogP contribution in [0.25, 0.3) is 0 Å². The number of Topliss-reactive ketones (excluding diaryl/α,β-unsaturated/α-hetero) is 1.